The molecule has 0 saturated carbocycles. The van der Waals surface area contributed by atoms with Gasteiger partial charge in [-0.1, -0.05) is 24.3 Å². The van der Waals surface area contributed by atoms with Crippen molar-refractivity contribution in [3.63, 3.8) is 0 Å². The monoisotopic (exact) mass is 382 g/mol. The zero-order valence-electron chi connectivity index (χ0n) is 15.9. The van der Waals surface area contributed by atoms with Crippen LogP contribution in [0.4, 0.5) is 10.3 Å². The molecule has 0 spiro atoms. The van der Waals surface area contributed by atoms with Gasteiger partial charge in [0.15, 0.2) is 0 Å². The van der Waals surface area contributed by atoms with E-state index in [1.54, 1.807) is 35.0 Å². The SMILES string of the molecule is CC(C)OCCCn1c(N/N=C\c2ccc(F)cc2)nc2ccccc2c1=O. The molecule has 3 rings (SSSR count). The number of anilines is 1. The predicted octanol–water partition coefficient (Wildman–Crippen LogP) is 3.80. The molecule has 0 unspecified atom stereocenters. The van der Waals surface area contributed by atoms with E-state index < -0.39 is 0 Å². The van der Waals surface area contributed by atoms with Crippen molar-refractivity contribution in [1.29, 1.82) is 0 Å². The number of fused-ring (bicyclic) bond motifs is 1. The minimum Gasteiger partial charge on any atom is -0.379 e. The van der Waals surface area contributed by atoms with E-state index in [-0.39, 0.29) is 17.5 Å². The average Bonchev–Trinajstić information content (AvgIpc) is 2.68. The van der Waals surface area contributed by atoms with Gasteiger partial charge in [-0.2, -0.15) is 5.10 Å². The van der Waals surface area contributed by atoms with E-state index in [4.69, 9.17) is 4.74 Å². The van der Waals surface area contributed by atoms with Crippen LogP contribution in [0.3, 0.4) is 0 Å². The molecule has 0 amide bonds. The lowest BCUT2D eigenvalue weighted by Crippen LogP contribution is -2.25. The largest absolute Gasteiger partial charge is 0.379 e. The Labute approximate surface area is 162 Å². The van der Waals surface area contributed by atoms with E-state index in [2.05, 4.69) is 15.5 Å². The zero-order valence-corrected chi connectivity index (χ0v) is 15.9. The van der Waals surface area contributed by atoms with Gasteiger partial charge in [0, 0.05) is 13.2 Å². The summed E-state index contributed by atoms with van der Waals surface area (Å²) < 4.78 is 20.1. The van der Waals surface area contributed by atoms with E-state index >= 15 is 0 Å². The third-order valence-electron chi connectivity index (χ3n) is 4.09. The fourth-order valence-electron chi connectivity index (χ4n) is 2.72. The van der Waals surface area contributed by atoms with E-state index in [1.807, 2.05) is 26.0 Å². The van der Waals surface area contributed by atoms with Gasteiger partial charge in [0.2, 0.25) is 5.95 Å². The van der Waals surface area contributed by atoms with Crippen molar-refractivity contribution in [3.8, 4) is 0 Å². The van der Waals surface area contributed by atoms with Gasteiger partial charge in [-0.3, -0.25) is 9.36 Å². The van der Waals surface area contributed by atoms with E-state index in [9.17, 15) is 9.18 Å². The maximum absolute atomic E-state index is 13.0. The molecule has 0 fully saturated rings. The Balaban J connectivity index is 1.84. The lowest BCUT2D eigenvalue weighted by Gasteiger charge is -2.13. The van der Waals surface area contributed by atoms with E-state index in [0.29, 0.717) is 36.4 Å². The minimum absolute atomic E-state index is 0.130. The number of para-hydroxylation sites is 1. The Kier molecular flexibility index (Phi) is 6.49. The minimum atomic E-state index is -0.307. The van der Waals surface area contributed by atoms with Crippen LogP contribution in [-0.2, 0) is 11.3 Å². The van der Waals surface area contributed by atoms with Crippen LogP contribution < -0.4 is 11.0 Å². The summed E-state index contributed by atoms with van der Waals surface area (Å²) in [7, 11) is 0. The maximum Gasteiger partial charge on any atom is 0.262 e. The molecule has 1 heterocycles. The number of aromatic nitrogens is 2. The van der Waals surface area contributed by atoms with Gasteiger partial charge in [0.1, 0.15) is 5.82 Å². The fraction of sp³-hybridized carbons (Fsp3) is 0.286. The van der Waals surface area contributed by atoms with Crippen LogP contribution in [0.1, 0.15) is 25.8 Å². The molecule has 6 nitrogen and oxygen atoms in total. The number of hydrogen-bond acceptors (Lipinski definition) is 5. The standard InChI is InChI=1S/C21H23FN4O2/c1-15(2)28-13-5-12-26-20(27)18-6-3-4-7-19(18)24-21(26)25-23-14-16-8-10-17(22)11-9-16/h3-4,6-11,14-15H,5,12-13H2,1-2H3,(H,24,25)/b23-14-. The van der Waals surface area contributed by atoms with Gasteiger partial charge < -0.3 is 4.74 Å². The second-order valence-corrected chi connectivity index (χ2v) is 6.60. The second kappa shape index (κ2) is 9.23. The first-order chi connectivity index (χ1) is 13.5. The molecular weight excluding hydrogens is 359 g/mol. The third kappa shape index (κ3) is 5.01. The number of hydrazone groups is 1. The smallest absolute Gasteiger partial charge is 0.262 e. The summed E-state index contributed by atoms with van der Waals surface area (Å²) in [5.74, 6) is 0.0466. The summed E-state index contributed by atoms with van der Waals surface area (Å²) in [5.41, 5.74) is 4.05. The summed E-state index contributed by atoms with van der Waals surface area (Å²) in [6.45, 7) is 4.95. The average molecular weight is 382 g/mol. The number of rotatable bonds is 8. The number of halogens is 1. The highest BCUT2D eigenvalue weighted by Gasteiger charge is 2.10. The Bertz CT molecular complexity index is 1010. The van der Waals surface area contributed by atoms with Gasteiger partial charge in [-0.15, -0.1) is 0 Å². The first-order valence-corrected chi connectivity index (χ1v) is 9.20. The highest BCUT2D eigenvalue weighted by Crippen LogP contribution is 2.12. The molecule has 0 aliphatic carbocycles. The van der Waals surface area contributed by atoms with Crippen LogP contribution in [0.2, 0.25) is 0 Å². The van der Waals surface area contributed by atoms with E-state index in [0.717, 1.165) is 5.56 Å². The van der Waals surface area contributed by atoms with Gasteiger partial charge in [-0.25, -0.2) is 14.8 Å². The molecule has 7 heteroatoms. The normalized spacial score (nSPS) is 11.6. The van der Waals surface area contributed by atoms with Gasteiger partial charge in [0.05, 0.1) is 23.2 Å². The second-order valence-electron chi connectivity index (χ2n) is 6.60. The number of ether oxygens (including phenoxy) is 1. The molecular formula is C21H23FN4O2. The topological polar surface area (TPSA) is 68.5 Å². The van der Waals surface area contributed by atoms with Crippen molar-refractivity contribution < 1.29 is 9.13 Å². The molecule has 1 aromatic heterocycles. The Morgan fingerprint density at radius 2 is 1.96 bits per heavy atom. The van der Waals surface area contributed by atoms with Crippen molar-refractivity contribution in [2.45, 2.75) is 32.9 Å². The Hall–Kier alpha value is -3.06. The molecule has 3 aromatic rings. The summed E-state index contributed by atoms with van der Waals surface area (Å²) in [6, 6.07) is 13.2. The summed E-state index contributed by atoms with van der Waals surface area (Å²) in [4.78, 5) is 17.4. The van der Waals surface area contributed by atoms with Crippen molar-refractivity contribution in [2.24, 2.45) is 5.10 Å². The van der Waals surface area contributed by atoms with Crippen LogP contribution in [0.25, 0.3) is 10.9 Å². The lowest BCUT2D eigenvalue weighted by atomic mass is 10.2. The van der Waals surface area contributed by atoms with Crippen molar-refractivity contribution in [2.75, 3.05) is 12.0 Å². The molecule has 0 atom stereocenters. The molecule has 0 radical (unpaired) electrons. The summed E-state index contributed by atoms with van der Waals surface area (Å²) >= 11 is 0. The maximum atomic E-state index is 13.0. The summed E-state index contributed by atoms with van der Waals surface area (Å²) in [5, 5.41) is 4.71. The first kappa shape index (κ1) is 19.7. The van der Waals surface area contributed by atoms with Gasteiger partial charge >= 0.3 is 0 Å². The van der Waals surface area contributed by atoms with Crippen molar-refractivity contribution >= 4 is 23.1 Å². The van der Waals surface area contributed by atoms with Crippen LogP contribution >= 0.6 is 0 Å². The van der Waals surface area contributed by atoms with Crippen LogP contribution in [0, 0.1) is 5.82 Å². The van der Waals surface area contributed by atoms with Crippen molar-refractivity contribution in [1.82, 2.24) is 9.55 Å². The van der Waals surface area contributed by atoms with Crippen molar-refractivity contribution in [3.05, 3.63) is 70.3 Å². The fourth-order valence-corrected chi connectivity index (χ4v) is 2.72. The quantitative estimate of drug-likeness (QED) is 0.366. The molecule has 0 bridgehead atoms. The highest BCUT2D eigenvalue weighted by molar-refractivity contribution is 5.81. The molecule has 0 saturated heterocycles. The number of nitrogens with zero attached hydrogens (tertiary/aromatic N) is 3. The molecule has 2 aromatic carbocycles. The van der Waals surface area contributed by atoms with Crippen LogP contribution in [0.15, 0.2) is 58.4 Å². The number of benzene rings is 2. The molecule has 1 N–H and O–H groups in total. The highest BCUT2D eigenvalue weighted by atomic mass is 19.1. The molecule has 0 aliphatic rings. The molecule has 146 valence electrons. The summed E-state index contributed by atoms with van der Waals surface area (Å²) in [6.07, 6.45) is 2.37. The first-order valence-electron chi connectivity index (χ1n) is 9.20. The van der Waals surface area contributed by atoms with Gasteiger partial charge in [-0.05, 0) is 50.1 Å². The van der Waals surface area contributed by atoms with E-state index in [1.165, 1.54) is 12.1 Å². The number of nitrogens with one attached hydrogen (secondary N) is 1. The Morgan fingerprint density at radius 1 is 1.21 bits per heavy atom. The predicted molar refractivity (Wildman–Crippen MR) is 109 cm³/mol. The van der Waals surface area contributed by atoms with Crippen LogP contribution in [-0.4, -0.2) is 28.5 Å². The zero-order chi connectivity index (χ0) is 19.9. The van der Waals surface area contributed by atoms with Gasteiger partial charge in [0.25, 0.3) is 5.56 Å². The number of hydrogen-bond donors (Lipinski definition) is 1. The molecule has 28 heavy (non-hydrogen) atoms. The lowest BCUT2D eigenvalue weighted by molar-refractivity contribution is 0.0748. The molecule has 0 aliphatic heterocycles. The van der Waals surface area contributed by atoms with Crippen LogP contribution in [0.5, 0.6) is 0 Å². The Morgan fingerprint density at radius 3 is 2.71 bits per heavy atom. The third-order valence-corrected chi connectivity index (χ3v) is 4.09.